The molecular formula is C14H15N3O4. The number of rotatable bonds is 7. The molecule has 0 aromatic carbocycles. The number of carbonyl (C=O) groups excluding carboxylic acids is 1. The Bertz CT molecular complexity index is 630. The van der Waals surface area contributed by atoms with Crippen molar-refractivity contribution in [3.63, 3.8) is 0 Å². The van der Waals surface area contributed by atoms with Crippen molar-refractivity contribution in [2.75, 3.05) is 13.1 Å². The van der Waals surface area contributed by atoms with Crippen LogP contribution in [-0.2, 0) is 11.3 Å². The lowest BCUT2D eigenvalue weighted by Crippen LogP contribution is -2.35. The quantitative estimate of drug-likeness (QED) is 0.775. The molecule has 0 spiro atoms. The molecule has 1 N–H and O–H groups in total. The number of furan rings is 1. The molecule has 21 heavy (non-hydrogen) atoms. The van der Waals surface area contributed by atoms with Gasteiger partial charge in [0.2, 0.25) is 0 Å². The third-order valence-electron chi connectivity index (χ3n) is 2.71. The van der Waals surface area contributed by atoms with Crippen LogP contribution in [0, 0.1) is 0 Å². The fraction of sp³-hybridized carbons (Fsp3) is 0.214. The smallest absolute Gasteiger partial charge is 0.323 e. The maximum atomic E-state index is 12.2. The van der Waals surface area contributed by atoms with Crippen molar-refractivity contribution in [3.8, 4) is 0 Å². The molecule has 0 saturated carbocycles. The number of hydrogen-bond acceptors (Lipinski definition) is 4. The second kappa shape index (κ2) is 6.56. The van der Waals surface area contributed by atoms with Gasteiger partial charge in [-0.1, -0.05) is 6.08 Å². The van der Waals surface area contributed by atoms with E-state index < -0.39 is 18.4 Å². The maximum absolute atomic E-state index is 12.2. The molecule has 0 saturated heterocycles. The van der Waals surface area contributed by atoms with E-state index >= 15 is 0 Å². The first-order valence-corrected chi connectivity index (χ1v) is 6.28. The molecule has 0 aliphatic rings. The largest absolute Gasteiger partial charge is 0.480 e. The summed E-state index contributed by atoms with van der Waals surface area (Å²) in [4.78, 5) is 24.1. The Balaban J connectivity index is 2.09. The number of amides is 1. The molecule has 1 amide bonds. The predicted molar refractivity (Wildman–Crippen MR) is 73.8 cm³/mol. The molecule has 110 valence electrons. The summed E-state index contributed by atoms with van der Waals surface area (Å²) in [5.41, 5.74) is 0. The molecule has 2 heterocycles. The van der Waals surface area contributed by atoms with E-state index in [1.807, 2.05) is 0 Å². The van der Waals surface area contributed by atoms with Crippen molar-refractivity contribution in [3.05, 3.63) is 54.8 Å². The van der Waals surface area contributed by atoms with Gasteiger partial charge in [0, 0.05) is 18.9 Å². The minimum Gasteiger partial charge on any atom is -0.480 e. The second-order valence-corrected chi connectivity index (χ2v) is 4.34. The standard InChI is InChI=1S/C14H15N3O4/c1-2-7-16(10-13(18)19)14(20)12-5-4-11(21-12)9-17-8-3-6-15-17/h2-6,8H,1,7,9-10H2,(H,18,19). The lowest BCUT2D eigenvalue weighted by Gasteiger charge is -2.17. The van der Waals surface area contributed by atoms with E-state index in [4.69, 9.17) is 9.52 Å². The van der Waals surface area contributed by atoms with Gasteiger partial charge in [-0.05, 0) is 18.2 Å². The zero-order valence-corrected chi connectivity index (χ0v) is 11.3. The molecule has 0 fully saturated rings. The number of carboxylic acid groups (broad SMARTS) is 1. The normalized spacial score (nSPS) is 10.3. The molecule has 0 radical (unpaired) electrons. The summed E-state index contributed by atoms with van der Waals surface area (Å²) in [6.45, 7) is 3.65. The first-order valence-electron chi connectivity index (χ1n) is 6.28. The number of carbonyl (C=O) groups is 2. The SMILES string of the molecule is C=CCN(CC(=O)O)C(=O)c1ccc(Cn2cccn2)o1. The molecule has 2 aromatic rings. The van der Waals surface area contributed by atoms with Crippen molar-refractivity contribution in [2.45, 2.75) is 6.54 Å². The molecule has 0 aliphatic heterocycles. The zero-order valence-electron chi connectivity index (χ0n) is 11.3. The van der Waals surface area contributed by atoms with Crippen molar-refractivity contribution < 1.29 is 19.1 Å². The lowest BCUT2D eigenvalue weighted by atomic mass is 10.3. The molecule has 0 aliphatic carbocycles. The van der Waals surface area contributed by atoms with Crippen LogP contribution in [0.3, 0.4) is 0 Å². The van der Waals surface area contributed by atoms with E-state index in [0.717, 1.165) is 4.90 Å². The average molecular weight is 289 g/mol. The van der Waals surface area contributed by atoms with Crippen LogP contribution in [0.4, 0.5) is 0 Å². The van der Waals surface area contributed by atoms with Gasteiger partial charge >= 0.3 is 5.97 Å². The predicted octanol–water partition coefficient (Wildman–Crippen LogP) is 1.24. The average Bonchev–Trinajstić information content (AvgIpc) is 3.09. The van der Waals surface area contributed by atoms with Gasteiger partial charge in [-0.3, -0.25) is 14.3 Å². The summed E-state index contributed by atoms with van der Waals surface area (Å²) < 4.78 is 7.11. The Hall–Kier alpha value is -2.83. The summed E-state index contributed by atoms with van der Waals surface area (Å²) in [7, 11) is 0. The Labute approximate surface area is 121 Å². The molecule has 7 heteroatoms. The van der Waals surface area contributed by atoms with E-state index in [0.29, 0.717) is 12.3 Å². The third-order valence-corrected chi connectivity index (χ3v) is 2.71. The Kier molecular flexibility index (Phi) is 4.55. The molecule has 0 atom stereocenters. The second-order valence-electron chi connectivity index (χ2n) is 4.34. The fourth-order valence-electron chi connectivity index (χ4n) is 1.83. The monoisotopic (exact) mass is 289 g/mol. The molecule has 0 bridgehead atoms. The van der Waals surface area contributed by atoms with E-state index in [1.165, 1.54) is 12.1 Å². The third kappa shape index (κ3) is 3.82. The molecule has 2 aromatic heterocycles. The van der Waals surface area contributed by atoms with E-state index in [-0.39, 0.29) is 12.3 Å². The van der Waals surface area contributed by atoms with Crippen LogP contribution in [0.15, 0.2) is 47.7 Å². The van der Waals surface area contributed by atoms with Crippen molar-refractivity contribution in [1.82, 2.24) is 14.7 Å². The highest BCUT2D eigenvalue weighted by atomic mass is 16.4. The van der Waals surface area contributed by atoms with Crippen molar-refractivity contribution in [1.29, 1.82) is 0 Å². The molecule has 7 nitrogen and oxygen atoms in total. The van der Waals surface area contributed by atoms with Gasteiger partial charge in [-0.15, -0.1) is 6.58 Å². The van der Waals surface area contributed by atoms with Gasteiger partial charge in [0.05, 0.1) is 6.54 Å². The summed E-state index contributed by atoms with van der Waals surface area (Å²) in [6.07, 6.45) is 4.89. The van der Waals surface area contributed by atoms with Crippen LogP contribution >= 0.6 is 0 Å². The van der Waals surface area contributed by atoms with E-state index in [1.54, 1.807) is 29.2 Å². The highest BCUT2D eigenvalue weighted by Gasteiger charge is 2.20. The molecule has 0 unspecified atom stereocenters. The topological polar surface area (TPSA) is 88.6 Å². The van der Waals surface area contributed by atoms with Crippen LogP contribution in [0.5, 0.6) is 0 Å². The highest BCUT2D eigenvalue weighted by molar-refractivity contribution is 5.93. The van der Waals surface area contributed by atoms with E-state index in [2.05, 4.69) is 11.7 Å². The van der Waals surface area contributed by atoms with Gasteiger partial charge in [-0.2, -0.15) is 5.10 Å². The zero-order chi connectivity index (χ0) is 15.2. The minimum absolute atomic E-state index is 0.0975. The van der Waals surface area contributed by atoms with Crippen LogP contribution in [-0.4, -0.2) is 44.8 Å². The van der Waals surface area contributed by atoms with Gasteiger partial charge < -0.3 is 14.4 Å². The summed E-state index contributed by atoms with van der Waals surface area (Å²) in [6, 6.07) is 4.98. The number of nitrogens with zero attached hydrogens (tertiary/aromatic N) is 3. The lowest BCUT2D eigenvalue weighted by molar-refractivity contribution is -0.137. The van der Waals surface area contributed by atoms with Gasteiger partial charge in [-0.25, -0.2) is 0 Å². The number of carboxylic acids is 1. The summed E-state index contributed by atoms with van der Waals surface area (Å²) in [5, 5.41) is 12.9. The molecular weight excluding hydrogens is 274 g/mol. The Morgan fingerprint density at radius 1 is 1.48 bits per heavy atom. The first-order chi connectivity index (χ1) is 10.1. The van der Waals surface area contributed by atoms with Crippen molar-refractivity contribution >= 4 is 11.9 Å². The maximum Gasteiger partial charge on any atom is 0.323 e. The van der Waals surface area contributed by atoms with Gasteiger partial charge in [0.1, 0.15) is 12.3 Å². The first kappa shape index (κ1) is 14.6. The highest BCUT2D eigenvalue weighted by Crippen LogP contribution is 2.12. The molecule has 2 rings (SSSR count). The van der Waals surface area contributed by atoms with Crippen LogP contribution in [0.2, 0.25) is 0 Å². The van der Waals surface area contributed by atoms with Gasteiger partial charge in [0.25, 0.3) is 5.91 Å². The fourth-order valence-corrected chi connectivity index (χ4v) is 1.83. The number of aromatic nitrogens is 2. The van der Waals surface area contributed by atoms with Gasteiger partial charge in [0.15, 0.2) is 5.76 Å². The Morgan fingerprint density at radius 2 is 2.29 bits per heavy atom. The van der Waals surface area contributed by atoms with Crippen LogP contribution in [0.1, 0.15) is 16.3 Å². The number of aliphatic carboxylic acids is 1. The number of hydrogen-bond donors (Lipinski definition) is 1. The van der Waals surface area contributed by atoms with E-state index in [9.17, 15) is 9.59 Å². The van der Waals surface area contributed by atoms with Crippen LogP contribution in [0.25, 0.3) is 0 Å². The summed E-state index contributed by atoms with van der Waals surface area (Å²) in [5.74, 6) is -0.909. The Morgan fingerprint density at radius 3 is 2.90 bits per heavy atom. The van der Waals surface area contributed by atoms with Crippen LogP contribution < -0.4 is 0 Å². The minimum atomic E-state index is -1.09. The van der Waals surface area contributed by atoms with Crippen molar-refractivity contribution in [2.24, 2.45) is 0 Å². The summed E-state index contributed by atoms with van der Waals surface area (Å²) >= 11 is 0.